The van der Waals surface area contributed by atoms with E-state index < -0.39 is 0 Å². The van der Waals surface area contributed by atoms with Gasteiger partial charge < -0.3 is 15.4 Å². The molecule has 2 aromatic carbocycles. The Kier molecular flexibility index (Phi) is 5.02. The summed E-state index contributed by atoms with van der Waals surface area (Å²) in [4.78, 5) is 12.8. The first-order chi connectivity index (χ1) is 11.5. The molecular formula is C18H17ClN2O2S. The Morgan fingerprint density at radius 3 is 2.71 bits per heavy atom. The normalized spacial score (nSPS) is 18.5. The van der Waals surface area contributed by atoms with Crippen LogP contribution in [0.3, 0.4) is 0 Å². The van der Waals surface area contributed by atoms with Crippen molar-refractivity contribution in [2.45, 2.75) is 12.4 Å². The third-order valence-corrected chi connectivity index (χ3v) is 4.89. The van der Waals surface area contributed by atoms with Crippen molar-refractivity contribution in [2.75, 3.05) is 12.4 Å². The summed E-state index contributed by atoms with van der Waals surface area (Å²) in [5.41, 5.74) is 2.71. The number of methoxy groups -OCH3 is 1. The number of benzene rings is 2. The number of carbonyl (C=O) groups excluding carboxylic acids is 1. The number of ether oxygens (including phenoxy) is 1. The molecule has 1 amide bonds. The van der Waals surface area contributed by atoms with Gasteiger partial charge in [-0.15, -0.1) is 0 Å². The first-order valence-corrected chi connectivity index (χ1v) is 8.67. The predicted molar refractivity (Wildman–Crippen MR) is 100 cm³/mol. The van der Waals surface area contributed by atoms with Crippen LogP contribution in [0.5, 0.6) is 5.75 Å². The van der Waals surface area contributed by atoms with Crippen molar-refractivity contribution >= 4 is 41.0 Å². The van der Waals surface area contributed by atoms with Gasteiger partial charge in [-0.05, 0) is 48.4 Å². The van der Waals surface area contributed by atoms with Gasteiger partial charge in [0.2, 0.25) is 0 Å². The zero-order chi connectivity index (χ0) is 17.1. The number of amides is 1. The molecule has 0 aromatic heterocycles. The second-order valence-electron chi connectivity index (χ2n) is 5.36. The van der Waals surface area contributed by atoms with E-state index in [1.807, 2.05) is 55.5 Å². The van der Waals surface area contributed by atoms with Crippen molar-refractivity contribution < 1.29 is 9.53 Å². The lowest BCUT2D eigenvalue weighted by molar-refractivity contribution is -0.116. The second kappa shape index (κ2) is 7.20. The molecule has 0 radical (unpaired) electrons. The average Bonchev–Trinajstić information content (AvgIpc) is 2.91. The molecule has 1 aliphatic heterocycles. The van der Waals surface area contributed by atoms with Crippen LogP contribution in [0, 0.1) is 6.92 Å². The van der Waals surface area contributed by atoms with Crippen LogP contribution in [0.4, 0.5) is 5.69 Å². The maximum absolute atomic E-state index is 12.2. The largest absolute Gasteiger partial charge is 0.497 e. The quantitative estimate of drug-likeness (QED) is 0.800. The monoisotopic (exact) mass is 360 g/mol. The predicted octanol–water partition coefficient (Wildman–Crippen LogP) is 4.26. The summed E-state index contributed by atoms with van der Waals surface area (Å²) >= 11 is 7.48. The zero-order valence-electron chi connectivity index (χ0n) is 13.3. The number of hydrogen-bond donors (Lipinski definition) is 2. The van der Waals surface area contributed by atoms with Crippen LogP contribution < -0.4 is 15.4 Å². The van der Waals surface area contributed by atoms with E-state index in [9.17, 15) is 4.79 Å². The molecule has 4 nitrogen and oxygen atoms in total. The SMILES string of the molecule is COc1ccc(/C=C2\SC(Nc3cc(Cl)ccc3C)NC2=O)cc1. The molecule has 1 fully saturated rings. The Balaban J connectivity index is 1.73. The van der Waals surface area contributed by atoms with E-state index in [0.717, 1.165) is 22.6 Å². The molecule has 0 bridgehead atoms. The summed E-state index contributed by atoms with van der Waals surface area (Å²) in [6.07, 6.45) is 1.87. The van der Waals surface area contributed by atoms with E-state index in [-0.39, 0.29) is 11.4 Å². The van der Waals surface area contributed by atoms with E-state index in [0.29, 0.717) is 9.93 Å². The van der Waals surface area contributed by atoms with E-state index in [1.165, 1.54) is 11.8 Å². The molecular weight excluding hydrogens is 344 g/mol. The van der Waals surface area contributed by atoms with Gasteiger partial charge in [0.1, 0.15) is 5.75 Å². The van der Waals surface area contributed by atoms with Gasteiger partial charge in [0, 0.05) is 10.7 Å². The average molecular weight is 361 g/mol. The fourth-order valence-electron chi connectivity index (χ4n) is 2.31. The molecule has 1 aliphatic rings. The minimum Gasteiger partial charge on any atom is -0.497 e. The third kappa shape index (κ3) is 3.86. The molecule has 1 unspecified atom stereocenters. The Morgan fingerprint density at radius 1 is 1.25 bits per heavy atom. The van der Waals surface area contributed by atoms with Gasteiger partial charge in [0.15, 0.2) is 5.50 Å². The number of anilines is 1. The molecule has 1 atom stereocenters. The Morgan fingerprint density at radius 2 is 2.00 bits per heavy atom. The molecule has 2 aromatic rings. The minimum absolute atomic E-state index is 0.0898. The molecule has 0 saturated carbocycles. The smallest absolute Gasteiger partial charge is 0.260 e. The number of aryl methyl sites for hydroxylation is 1. The van der Waals surface area contributed by atoms with Gasteiger partial charge in [-0.25, -0.2) is 0 Å². The first kappa shape index (κ1) is 16.7. The number of rotatable bonds is 4. The molecule has 6 heteroatoms. The maximum Gasteiger partial charge on any atom is 0.260 e. The zero-order valence-corrected chi connectivity index (χ0v) is 14.9. The molecule has 2 N–H and O–H groups in total. The third-order valence-electron chi connectivity index (χ3n) is 3.63. The minimum atomic E-state index is -0.223. The van der Waals surface area contributed by atoms with E-state index >= 15 is 0 Å². The van der Waals surface area contributed by atoms with Gasteiger partial charge >= 0.3 is 0 Å². The van der Waals surface area contributed by atoms with Crippen molar-refractivity contribution in [1.82, 2.24) is 5.32 Å². The summed E-state index contributed by atoms with van der Waals surface area (Å²) in [5, 5.41) is 6.88. The number of nitrogens with one attached hydrogen (secondary N) is 2. The molecule has 0 spiro atoms. The molecule has 0 aliphatic carbocycles. The molecule has 1 heterocycles. The Bertz CT molecular complexity index is 790. The second-order valence-corrected chi connectivity index (χ2v) is 6.94. The standard InChI is InChI=1S/C18H17ClN2O2S/c1-11-3-6-13(19)10-15(11)20-18-21-17(22)16(24-18)9-12-4-7-14(23-2)8-5-12/h3-10,18,20H,1-2H3,(H,21,22)/b16-9-. The summed E-state index contributed by atoms with van der Waals surface area (Å²) in [6, 6.07) is 13.2. The number of thioether (sulfide) groups is 1. The Hall–Kier alpha value is -2.11. The van der Waals surface area contributed by atoms with Crippen LogP contribution in [-0.4, -0.2) is 18.5 Å². The van der Waals surface area contributed by atoms with E-state index in [4.69, 9.17) is 16.3 Å². The fourth-order valence-corrected chi connectivity index (χ4v) is 3.46. The Labute approximate surface area is 150 Å². The molecule has 24 heavy (non-hydrogen) atoms. The first-order valence-electron chi connectivity index (χ1n) is 7.41. The highest BCUT2D eigenvalue weighted by Crippen LogP contribution is 2.31. The fraction of sp³-hybridized carbons (Fsp3) is 0.167. The molecule has 124 valence electrons. The topological polar surface area (TPSA) is 50.4 Å². The van der Waals surface area contributed by atoms with Crippen LogP contribution in [0.2, 0.25) is 5.02 Å². The number of hydrogen-bond acceptors (Lipinski definition) is 4. The van der Waals surface area contributed by atoms with Gasteiger partial charge in [0.25, 0.3) is 5.91 Å². The van der Waals surface area contributed by atoms with Gasteiger partial charge in [0.05, 0.1) is 12.0 Å². The van der Waals surface area contributed by atoms with Crippen LogP contribution in [-0.2, 0) is 4.79 Å². The summed E-state index contributed by atoms with van der Waals surface area (Å²) in [6.45, 7) is 1.99. The maximum atomic E-state index is 12.2. The van der Waals surface area contributed by atoms with Crippen molar-refractivity contribution in [2.24, 2.45) is 0 Å². The highest BCUT2D eigenvalue weighted by molar-refractivity contribution is 8.05. The van der Waals surface area contributed by atoms with Crippen LogP contribution in [0.1, 0.15) is 11.1 Å². The summed E-state index contributed by atoms with van der Waals surface area (Å²) in [7, 11) is 1.63. The summed E-state index contributed by atoms with van der Waals surface area (Å²) in [5.74, 6) is 0.699. The van der Waals surface area contributed by atoms with Crippen molar-refractivity contribution in [3.05, 3.63) is 63.5 Å². The highest BCUT2D eigenvalue weighted by Gasteiger charge is 2.27. The van der Waals surface area contributed by atoms with Crippen LogP contribution in [0.25, 0.3) is 6.08 Å². The van der Waals surface area contributed by atoms with Gasteiger partial charge in [-0.2, -0.15) is 0 Å². The number of carbonyl (C=O) groups is 1. The van der Waals surface area contributed by atoms with Crippen molar-refractivity contribution in [3.63, 3.8) is 0 Å². The highest BCUT2D eigenvalue weighted by atomic mass is 35.5. The van der Waals surface area contributed by atoms with Crippen LogP contribution in [0.15, 0.2) is 47.4 Å². The van der Waals surface area contributed by atoms with Gasteiger partial charge in [-0.1, -0.05) is 41.6 Å². The van der Waals surface area contributed by atoms with Gasteiger partial charge in [-0.3, -0.25) is 4.79 Å². The molecule has 3 rings (SSSR count). The number of halogens is 1. The lowest BCUT2D eigenvalue weighted by Gasteiger charge is -2.15. The van der Waals surface area contributed by atoms with E-state index in [2.05, 4.69) is 10.6 Å². The van der Waals surface area contributed by atoms with Crippen LogP contribution >= 0.6 is 23.4 Å². The van der Waals surface area contributed by atoms with Crippen molar-refractivity contribution in [1.29, 1.82) is 0 Å². The van der Waals surface area contributed by atoms with Crippen molar-refractivity contribution in [3.8, 4) is 5.75 Å². The lowest BCUT2D eigenvalue weighted by atomic mass is 10.2. The van der Waals surface area contributed by atoms with E-state index in [1.54, 1.807) is 7.11 Å². The lowest BCUT2D eigenvalue weighted by Crippen LogP contribution is -2.31. The summed E-state index contributed by atoms with van der Waals surface area (Å²) < 4.78 is 5.14. The molecule has 1 saturated heterocycles.